The normalized spacial score (nSPS) is 11.8. The van der Waals surface area contributed by atoms with Crippen LogP contribution in [0.25, 0.3) is 0 Å². The zero-order valence-electron chi connectivity index (χ0n) is 6.95. The summed E-state index contributed by atoms with van der Waals surface area (Å²) in [7, 11) is 0.941. The Labute approximate surface area is 94.0 Å². The Morgan fingerprint density at radius 1 is 1.33 bits per heavy atom. The number of hydrogen-bond acceptors (Lipinski definition) is 3. The van der Waals surface area contributed by atoms with E-state index in [1.54, 1.807) is 0 Å². The first-order chi connectivity index (χ1) is 6.80. The summed E-state index contributed by atoms with van der Waals surface area (Å²) in [6.07, 6.45) is 0. The number of alkyl halides is 2. The maximum absolute atomic E-state index is 11.8. The molecule has 0 aliphatic carbocycles. The quantitative estimate of drug-likeness (QED) is 0.798. The Hall–Kier alpha value is -0.590. The van der Waals surface area contributed by atoms with E-state index in [0.717, 1.165) is 18.2 Å². The summed E-state index contributed by atoms with van der Waals surface area (Å²) in [6.45, 7) is -3.04. The van der Waals surface area contributed by atoms with Crippen LogP contribution in [0.1, 0.15) is 0 Å². The summed E-state index contributed by atoms with van der Waals surface area (Å²) in [5.41, 5.74) is 0. The highest BCUT2D eigenvalue weighted by atomic mass is 35.7. The predicted octanol–water partition coefficient (Wildman–Crippen LogP) is 2.87. The van der Waals surface area contributed by atoms with E-state index in [4.69, 9.17) is 22.3 Å². The molecule has 0 saturated carbocycles. The number of benzene rings is 1. The molecule has 15 heavy (non-hydrogen) atoms. The maximum Gasteiger partial charge on any atom is 0.387 e. The summed E-state index contributed by atoms with van der Waals surface area (Å²) in [6, 6.07) is 3.05. The molecule has 0 fully saturated rings. The van der Waals surface area contributed by atoms with Crippen molar-refractivity contribution >= 4 is 31.3 Å². The van der Waals surface area contributed by atoms with Gasteiger partial charge in [0.25, 0.3) is 9.05 Å². The third-order valence-corrected chi connectivity index (χ3v) is 3.19. The van der Waals surface area contributed by atoms with Crippen LogP contribution in [-0.4, -0.2) is 15.0 Å². The number of hydrogen-bond donors (Lipinski definition) is 0. The molecule has 1 aromatic rings. The van der Waals surface area contributed by atoms with Gasteiger partial charge in [-0.25, -0.2) is 8.42 Å². The Kier molecular flexibility index (Phi) is 3.75. The van der Waals surface area contributed by atoms with Crippen molar-refractivity contribution in [3.05, 3.63) is 23.2 Å². The van der Waals surface area contributed by atoms with Crippen LogP contribution in [-0.2, 0) is 9.05 Å². The monoisotopic (exact) mass is 276 g/mol. The highest BCUT2D eigenvalue weighted by Crippen LogP contribution is 2.29. The van der Waals surface area contributed by atoms with Crippen molar-refractivity contribution < 1.29 is 21.9 Å². The molecule has 0 aliphatic rings. The van der Waals surface area contributed by atoms with E-state index in [1.165, 1.54) is 0 Å². The lowest BCUT2D eigenvalue weighted by Gasteiger charge is -2.06. The first-order valence-electron chi connectivity index (χ1n) is 3.50. The van der Waals surface area contributed by atoms with Gasteiger partial charge in [-0.3, -0.25) is 0 Å². The zero-order chi connectivity index (χ0) is 11.6. The van der Waals surface area contributed by atoms with Crippen LogP contribution in [0.5, 0.6) is 5.75 Å². The average Bonchev–Trinajstić information content (AvgIpc) is 2.05. The SMILES string of the molecule is O=S(=O)(Cl)c1cc(OC(F)F)ccc1Cl. The zero-order valence-corrected chi connectivity index (χ0v) is 9.28. The molecule has 0 aliphatic heterocycles. The van der Waals surface area contributed by atoms with Gasteiger partial charge in [-0.2, -0.15) is 8.78 Å². The molecular weight excluding hydrogens is 273 g/mol. The van der Waals surface area contributed by atoms with Gasteiger partial charge < -0.3 is 4.74 Å². The molecule has 0 spiro atoms. The Morgan fingerprint density at radius 2 is 1.93 bits per heavy atom. The minimum atomic E-state index is -4.08. The molecule has 0 radical (unpaired) electrons. The van der Waals surface area contributed by atoms with Crippen molar-refractivity contribution in [2.75, 3.05) is 0 Å². The molecule has 0 saturated heterocycles. The van der Waals surface area contributed by atoms with Gasteiger partial charge in [0.1, 0.15) is 10.6 Å². The number of ether oxygens (including phenoxy) is 1. The molecule has 0 bridgehead atoms. The lowest BCUT2D eigenvalue weighted by atomic mass is 10.3. The van der Waals surface area contributed by atoms with E-state index >= 15 is 0 Å². The van der Waals surface area contributed by atoms with E-state index in [0.29, 0.717) is 0 Å². The summed E-state index contributed by atoms with van der Waals surface area (Å²) in [5.74, 6) is -0.325. The summed E-state index contributed by atoms with van der Waals surface area (Å²) in [5, 5.41) is -0.161. The Balaban J connectivity index is 3.18. The summed E-state index contributed by atoms with van der Waals surface area (Å²) >= 11 is 5.51. The van der Waals surface area contributed by atoms with Gasteiger partial charge >= 0.3 is 6.61 Å². The van der Waals surface area contributed by atoms with Crippen LogP contribution in [0.2, 0.25) is 5.02 Å². The van der Waals surface area contributed by atoms with Crippen molar-refractivity contribution in [1.29, 1.82) is 0 Å². The number of halogens is 4. The van der Waals surface area contributed by atoms with Gasteiger partial charge in [-0.05, 0) is 12.1 Å². The molecule has 0 atom stereocenters. The Bertz CT molecular complexity index is 461. The minimum absolute atomic E-state index is 0.161. The van der Waals surface area contributed by atoms with Gasteiger partial charge in [0.05, 0.1) is 5.02 Å². The van der Waals surface area contributed by atoms with E-state index in [2.05, 4.69) is 4.74 Å². The third kappa shape index (κ3) is 3.48. The number of rotatable bonds is 3. The van der Waals surface area contributed by atoms with E-state index in [9.17, 15) is 17.2 Å². The predicted molar refractivity (Wildman–Crippen MR) is 51.1 cm³/mol. The van der Waals surface area contributed by atoms with Crippen molar-refractivity contribution in [3.8, 4) is 5.75 Å². The highest BCUT2D eigenvalue weighted by Gasteiger charge is 2.16. The summed E-state index contributed by atoms with van der Waals surface area (Å²) < 4.78 is 49.5. The van der Waals surface area contributed by atoms with Gasteiger partial charge in [0, 0.05) is 16.7 Å². The van der Waals surface area contributed by atoms with Crippen molar-refractivity contribution in [2.24, 2.45) is 0 Å². The molecule has 0 heterocycles. The molecule has 1 aromatic carbocycles. The Morgan fingerprint density at radius 3 is 2.40 bits per heavy atom. The molecule has 84 valence electrons. The minimum Gasteiger partial charge on any atom is -0.435 e. The van der Waals surface area contributed by atoms with Crippen LogP contribution in [0.4, 0.5) is 8.78 Å². The van der Waals surface area contributed by atoms with E-state index < -0.39 is 20.6 Å². The van der Waals surface area contributed by atoms with Crippen molar-refractivity contribution in [1.82, 2.24) is 0 Å². The molecule has 0 N–H and O–H groups in total. The fraction of sp³-hybridized carbons (Fsp3) is 0.143. The molecule has 1 rings (SSSR count). The molecular formula is C7H4Cl2F2O3S. The van der Waals surface area contributed by atoms with Gasteiger partial charge in [-0.15, -0.1) is 0 Å². The second-order valence-corrected chi connectivity index (χ2v) is 5.35. The van der Waals surface area contributed by atoms with Crippen LogP contribution in [0.15, 0.2) is 23.1 Å². The fourth-order valence-electron chi connectivity index (χ4n) is 0.847. The first kappa shape index (κ1) is 12.5. The van der Waals surface area contributed by atoms with Crippen molar-refractivity contribution in [3.63, 3.8) is 0 Å². The van der Waals surface area contributed by atoms with E-state index in [1.807, 2.05) is 0 Å². The molecule has 0 amide bonds. The highest BCUT2D eigenvalue weighted by molar-refractivity contribution is 8.13. The maximum atomic E-state index is 11.8. The van der Waals surface area contributed by atoms with Gasteiger partial charge in [-0.1, -0.05) is 11.6 Å². The van der Waals surface area contributed by atoms with Crippen LogP contribution >= 0.6 is 22.3 Å². The second-order valence-electron chi connectivity index (χ2n) is 2.41. The topological polar surface area (TPSA) is 43.4 Å². The fourth-order valence-corrected chi connectivity index (χ4v) is 2.33. The molecule has 0 aromatic heterocycles. The first-order valence-corrected chi connectivity index (χ1v) is 6.18. The lowest BCUT2D eigenvalue weighted by Crippen LogP contribution is -2.03. The largest absolute Gasteiger partial charge is 0.435 e. The van der Waals surface area contributed by atoms with E-state index in [-0.39, 0.29) is 10.8 Å². The lowest BCUT2D eigenvalue weighted by molar-refractivity contribution is -0.0499. The third-order valence-electron chi connectivity index (χ3n) is 1.39. The second kappa shape index (κ2) is 4.51. The smallest absolute Gasteiger partial charge is 0.387 e. The van der Waals surface area contributed by atoms with Crippen LogP contribution in [0, 0.1) is 0 Å². The van der Waals surface area contributed by atoms with Crippen LogP contribution < -0.4 is 4.74 Å². The standard InChI is InChI=1S/C7H4Cl2F2O3S/c8-5-2-1-4(14-7(10)11)3-6(5)15(9,12)13/h1-3,7H. The summed E-state index contributed by atoms with van der Waals surface area (Å²) in [4.78, 5) is -0.469. The van der Waals surface area contributed by atoms with Gasteiger partial charge in [0.2, 0.25) is 0 Å². The van der Waals surface area contributed by atoms with Gasteiger partial charge in [0.15, 0.2) is 0 Å². The molecule has 8 heteroatoms. The molecule has 3 nitrogen and oxygen atoms in total. The van der Waals surface area contributed by atoms with Crippen LogP contribution in [0.3, 0.4) is 0 Å². The van der Waals surface area contributed by atoms with Crippen molar-refractivity contribution in [2.45, 2.75) is 11.5 Å². The molecule has 0 unspecified atom stereocenters. The average molecular weight is 277 g/mol.